The second-order valence-corrected chi connectivity index (χ2v) is 8.75. The van der Waals surface area contributed by atoms with Gasteiger partial charge in [-0.25, -0.2) is 8.42 Å². The molecule has 21 heavy (non-hydrogen) atoms. The number of sulfone groups is 1. The van der Waals surface area contributed by atoms with E-state index in [-0.39, 0.29) is 36.3 Å². The molecule has 1 saturated carbocycles. The minimum Gasteiger partial charge on any atom is -0.481 e. The number of carbonyl (C=O) groups excluding carboxylic acids is 1. The second kappa shape index (κ2) is 6.34. The molecule has 0 unspecified atom stereocenters. The minimum atomic E-state index is -2.93. The Morgan fingerprint density at radius 1 is 1.10 bits per heavy atom. The summed E-state index contributed by atoms with van der Waals surface area (Å²) in [4.78, 5) is 23.2. The van der Waals surface area contributed by atoms with Gasteiger partial charge in [-0.1, -0.05) is 12.8 Å². The standard InChI is InChI=1S/C14H23NO5S/c16-12(15-11-3-7-21(19,20)8-4-11)9-14(10-13(17)18)5-1-2-6-14/h11H,1-10H2,(H,15,16)(H,17,18). The third-order valence-electron chi connectivity index (χ3n) is 4.65. The number of rotatable bonds is 5. The molecule has 1 saturated heterocycles. The van der Waals surface area contributed by atoms with Crippen LogP contribution in [0.3, 0.4) is 0 Å². The summed E-state index contributed by atoms with van der Waals surface area (Å²) in [6.07, 6.45) is 4.71. The molecule has 0 atom stereocenters. The molecule has 2 N–H and O–H groups in total. The van der Waals surface area contributed by atoms with Crippen LogP contribution in [-0.2, 0) is 19.4 Å². The Kier molecular flexibility index (Phi) is 4.91. The van der Waals surface area contributed by atoms with Crippen LogP contribution >= 0.6 is 0 Å². The summed E-state index contributed by atoms with van der Waals surface area (Å²) in [6.45, 7) is 0. The van der Waals surface area contributed by atoms with Crippen LogP contribution in [0.25, 0.3) is 0 Å². The first-order valence-electron chi connectivity index (χ1n) is 7.52. The lowest BCUT2D eigenvalue weighted by molar-refractivity contribution is -0.140. The maximum Gasteiger partial charge on any atom is 0.303 e. The summed E-state index contributed by atoms with van der Waals surface area (Å²) in [6, 6.07) is -0.0932. The van der Waals surface area contributed by atoms with E-state index in [0.29, 0.717) is 12.8 Å². The number of carboxylic acids is 1. The fourth-order valence-corrected chi connectivity index (χ4v) is 5.01. The summed E-state index contributed by atoms with van der Waals surface area (Å²) < 4.78 is 22.7. The molecule has 0 spiro atoms. The number of aliphatic carboxylic acids is 1. The highest BCUT2D eigenvalue weighted by Gasteiger charge is 2.38. The van der Waals surface area contributed by atoms with E-state index >= 15 is 0 Å². The van der Waals surface area contributed by atoms with Crippen LogP contribution in [0.4, 0.5) is 0 Å². The average molecular weight is 317 g/mol. The molecule has 120 valence electrons. The zero-order valence-electron chi connectivity index (χ0n) is 12.1. The largest absolute Gasteiger partial charge is 0.481 e. The SMILES string of the molecule is O=C(O)CC1(CC(=O)NC2CCS(=O)(=O)CC2)CCCC1. The summed E-state index contributed by atoms with van der Waals surface area (Å²) >= 11 is 0. The highest BCUT2D eigenvalue weighted by molar-refractivity contribution is 7.91. The predicted molar refractivity (Wildman–Crippen MR) is 77.6 cm³/mol. The molecule has 1 aliphatic carbocycles. The van der Waals surface area contributed by atoms with E-state index in [1.807, 2.05) is 0 Å². The van der Waals surface area contributed by atoms with E-state index in [4.69, 9.17) is 5.11 Å². The van der Waals surface area contributed by atoms with Gasteiger partial charge in [0, 0.05) is 12.5 Å². The van der Waals surface area contributed by atoms with Crippen molar-refractivity contribution < 1.29 is 23.1 Å². The molecule has 2 aliphatic rings. The highest BCUT2D eigenvalue weighted by atomic mass is 32.2. The Morgan fingerprint density at radius 3 is 2.19 bits per heavy atom. The first-order chi connectivity index (χ1) is 9.80. The summed E-state index contributed by atoms with van der Waals surface area (Å²) in [5, 5.41) is 11.9. The monoisotopic (exact) mass is 317 g/mol. The van der Waals surface area contributed by atoms with Crippen molar-refractivity contribution >= 4 is 21.7 Å². The quantitative estimate of drug-likeness (QED) is 0.791. The van der Waals surface area contributed by atoms with E-state index < -0.39 is 21.2 Å². The summed E-state index contributed by atoms with van der Waals surface area (Å²) in [5.41, 5.74) is -0.406. The first-order valence-corrected chi connectivity index (χ1v) is 9.34. The molecule has 7 heteroatoms. The number of hydrogen-bond acceptors (Lipinski definition) is 4. The molecule has 0 aromatic carbocycles. The van der Waals surface area contributed by atoms with Gasteiger partial charge in [0.15, 0.2) is 0 Å². The smallest absolute Gasteiger partial charge is 0.303 e. The second-order valence-electron chi connectivity index (χ2n) is 6.45. The van der Waals surface area contributed by atoms with Crippen LogP contribution in [0.5, 0.6) is 0 Å². The Balaban J connectivity index is 1.87. The lowest BCUT2D eigenvalue weighted by Gasteiger charge is -2.29. The molecule has 0 bridgehead atoms. The van der Waals surface area contributed by atoms with Gasteiger partial charge in [-0.15, -0.1) is 0 Å². The van der Waals surface area contributed by atoms with Crippen LogP contribution in [-0.4, -0.2) is 42.9 Å². The van der Waals surface area contributed by atoms with Crippen molar-refractivity contribution in [2.24, 2.45) is 5.41 Å². The fraction of sp³-hybridized carbons (Fsp3) is 0.857. The van der Waals surface area contributed by atoms with Gasteiger partial charge < -0.3 is 10.4 Å². The summed E-state index contributed by atoms with van der Waals surface area (Å²) in [7, 11) is -2.93. The molecule has 2 rings (SSSR count). The molecule has 1 aliphatic heterocycles. The Hall–Kier alpha value is -1.11. The van der Waals surface area contributed by atoms with Gasteiger partial charge in [0.05, 0.1) is 17.9 Å². The van der Waals surface area contributed by atoms with Gasteiger partial charge in [0.1, 0.15) is 9.84 Å². The van der Waals surface area contributed by atoms with Crippen LogP contribution in [0.15, 0.2) is 0 Å². The zero-order valence-corrected chi connectivity index (χ0v) is 13.0. The average Bonchev–Trinajstić information content (AvgIpc) is 2.79. The molecule has 0 aromatic rings. The maximum absolute atomic E-state index is 12.2. The van der Waals surface area contributed by atoms with Crippen molar-refractivity contribution in [3.8, 4) is 0 Å². The molecule has 1 heterocycles. The van der Waals surface area contributed by atoms with Crippen molar-refractivity contribution in [1.29, 1.82) is 0 Å². The van der Waals surface area contributed by atoms with Crippen molar-refractivity contribution in [1.82, 2.24) is 5.32 Å². The van der Waals surface area contributed by atoms with Gasteiger partial charge in [0.2, 0.25) is 5.91 Å². The van der Waals surface area contributed by atoms with Crippen LogP contribution in [0.2, 0.25) is 0 Å². The van der Waals surface area contributed by atoms with E-state index in [0.717, 1.165) is 25.7 Å². The van der Waals surface area contributed by atoms with Gasteiger partial charge in [0.25, 0.3) is 0 Å². The van der Waals surface area contributed by atoms with Gasteiger partial charge in [-0.3, -0.25) is 9.59 Å². The molecular weight excluding hydrogens is 294 g/mol. The van der Waals surface area contributed by atoms with E-state index in [1.165, 1.54) is 0 Å². The van der Waals surface area contributed by atoms with Gasteiger partial charge >= 0.3 is 5.97 Å². The third-order valence-corrected chi connectivity index (χ3v) is 6.36. The van der Waals surface area contributed by atoms with E-state index in [2.05, 4.69) is 5.32 Å². The first kappa shape index (κ1) is 16.3. The van der Waals surface area contributed by atoms with Gasteiger partial charge in [-0.2, -0.15) is 0 Å². The molecular formula is C14H23NO5S. The molecule has 1 amide bonds. The van der Waals surface area contributed by atoms with Crippen molar-refractivity contribution in [3.05, 3.63) is 0 Å². The predicted octanol–water partition coefficient (Wildman–Crippen LogP) is 1.10. The Labute approximate surface area is 125 Å². The third kappa shape index (κ3) is 4.69. The molecule has 0 radical (unpaired) electrons. The van der Waals surface area contributed by atoms with Crippen LogP contribution in [0, 0.1) is 5.41 Å². The lowest BCUT2D eigenvalue weighted by Crippen LogP contribution is -2.42. The number of hydrogen-bond donors (Lipinski definition) is 2. The molecule has 2 fully saturated rings. The van der Waals surface area contributed by atoms with Crippen LogP contribution in [0.1, 0.15) is 51.4 Å². The van der Waals surface area contributed by atoms with E-state index in [1.54, 1.807) is 0 Å². The number of carboxylic acid groups (broad SMARTS) is 1. The molecule has 0 aromatic heterocycles. The number of nitrogens with one attached hydrogen (secondary N) is 1. The fourth-order valence-electron chi connectivity index (χ4n) is 3.52. The van der Waals surface area contributed by atoms with Crippen molar-refractivity contribution in [2.45, 2.75) is 57.4 Å². The van der Waals surface area contributed by atoms with Gasteiger partial charge in [-0.05, 0) is 31.1 Å². The maximum atomic E-state index is 12.2. The highest BCUT2D eigenvalue weighted by Crippen LogP contribution is 2.44. The number of amides is 1. The Bertz CT molecular complexity index is 493. The zero-order chi connectivity index (χ0) is 15.5. The molecule has 6 nitrogen and oxygen atoms in total. The normalized spacial score (nSPS) is 24.6. The van der Waals surface area contributed by atoms with Crippen LogP contribution < -0.4 is 5.32 Å². The van der Waals surface area contributed by atoms with E-state index in [9.17, 15) is 18.0 Å². The Morgan fingerprint density at radius 2 is 1.67 bits per heavy atom. The minimum absolute atomic E-state index is 0.0411. The lowest BCUT2D eigenvalue weighted by atomic mass is 9.79. The summed E-state index contributed by atoms with van der Waals surface area (Å²) in [5.74, 6) is -0.743. The van der Waals surface area contributed by atoms with Crippen molar-refractivity contribution in [3.63, 3.8) is 0 Å². The topological polar surface area (TPSA) is 101 Å². The number of carbonyl (C=O) groups is 2. The van der Waals surface area contributed by atoms with Crippen molar-refractivity contribution in [2.75, 3.05) is 11.5 Å².